The second-order valence-corrected chi connectivity index (χ2v) is 5.52. The molecule has 1 aromatic rings. The van der Waals surface area contributed by atoms with Gasteiger partial charge in [0.1, 0.15) is 0 Å². The van der Waals surface area contributed by atoms with Crippen molar-refractivity contribution in [1.82, 2.24) is 10.2 Å². The van der Waals surface area contributed by atoms with Gasteiger partial charge in [-0.3, -0.25) is 4.79 Å². The standard InChI is InChI=1S/C17H26N2O4.ClH/c1-21-14-11-13(12-15(22-2)17(14)23-3)5-6-16(20)19-9-4-7-18-8-10-19;/h11-12,18H,4-10H2,1-3H3;1H. The van der Waals surface area contributed by atoms with Crippen LogP contribution in [-0.4, -0.2) is 58.3 Å². The number of nitrogens with zero attached hydrogens (tertiary/aromatic N) is 1. The molecule has 0 unspecified atom stereocenters. The third kappa shape index (κ3) is 5.18. The summed E-state index contributed by atoms with van der Waals surface area (Å²) in [6, 6.07) is 3.80. The predicted octanol–water partition coefficient (Wildman–Crippen LogP) is 1.89. The highest BCUT2D eigenvalue weighted by Crippen LogP contribution is 2.38. The summed E-state index contributed by atoms with van der Waals surface area (Å²) in [5.74, 6) is 2.01. The highest BCUT2D eigenvalue weighted by atomic mass is 35.5. The summed E-state index contributed by atoms with van der Waals surface area (Å²) in [5, 5.41) is 3.31. The number of methoxy groups -OCH3 is 3. The Bertz CT molecular complexity index is 506. The fourth-order valence-corrected chi connectivity index (χ4v) is 2.78. The Balaban J connectivity index is 0.00000288. The molecule has 1 amide bonds. The largest absolute Gasteiger partial charge is 0.493 e. The van der Waals surface area contributed by atoms with Gasteiger partial charge in [-0.2, -0.15) is 0 Å². The van der Waals surface area contributed by atoms with E-state index in [1.165, 1.54) is 0 Å². The molecule has 24 heavy (non-hydrogen) atoms. The van der Waals surface area contributed by atoms with Crippen LogP contribution >= 0.6 is 12.4 Å². The van der Waals surface area contributed by atoms with Crippen LogP contribution in [0.1, 0.15) is 18.4 Å². The van der Waals surface area contributed by atoms with Crippen LogP contribution < -0.4 is 19.5 Å². The van der Waals surface area contributed by atoms with Gasteiger partial charge in [0.15, 0.2) is 11.5 Å². The van der Waals surface area contributed by atoms with E-state index < -0.39 is 0 Å². The van der Waals surface area contributed by atoms with E-state index in [9.17, 15) is 4.79 Å². The molecule has 6 nitrogen and oxygen atoms in total. The molecule has 0 bridgehead atoms. The van der Waals surface area contributed by atoms with Crippen LogP contribution in [0.3, 0.4) is 0 Å². The number of rotatable bonds is 6. The summed E-state index contributed by atoms with van der Waals surface area (Å²) in [4.78, 5) is 14.3. The number of carbonyl (C=O) groups is 1. The van der Waals surface area contributed by atoms with Crippen molar-refractivity contribution in [2.75, 3.05) is 47.5 Å². The highest BCUT2D eigenvalue weighted by molar-refractivity contribution is 5.85. The summed E-state index contributed by atoms with van der Waals surface area (Å²) < 4.78 is 16.0. The highest BCUT2D eigenvalue weighted by Gasteiger charge is 2.17. The van der Waals surface area contributed by atoms with E-state index >= 15 is 0 Å². The Hall–Kier alpha value is -1.66. The second-order valence-electron chi connectivity index (χ2n) is 5.52. The van der Waals surface area contributed by atoms with E-state index in [4.69, 9.17) is 14.2 Å². The molecule has 1 fully saturated rings. The maximum absolute atomic E-state index is 12.4. The molecule has 1 N–H and O–H groups in total. The van der Waals surface area contributed by atoms with Crippen LogP contribution in [0.15, 0.2) is 12.1 Å². The average Bonchev–Trinajstić information content (AvgIpc) is 2.87. The van der Waals surface area contributed by atoms with Crippen LogP contribution in [0.25, 0.3) is 0 Å². The smallest absolute Gasteiger partial charge is 0.222 e. The fourth-order valence-electron chi connectivity index (χ4n) is 2.78. The summed E-state index contributed by atoms with van der Waals surface area (Å²) >= 11 is 0. The molecule has 1 aromatic carbocycles. The molecule has 7 heteroatoms. The van der Waals surface area contributed by atoms with E-state index in [1.54, 1.807) is 21.3 Å². The van der Waals surface area contributed by atoms with Crippen LogP contribution in [0.5, 0.6) is 17.2 Å². The topological polar surface area (TPSA) is 60.0 Å². The first kappa shape index (κ1) is 20.4. The predicted molar refractivity (Wildman–Crippen MR) is 95.7 cm³/mol. The summed E-state index contributed by atoms with van der Waals surface area (Å²) in [7, 11) is 4.77. The number of nitrogens with one attached hydrogen (secondary N) is 1. The van der Waals surface area contributed by atoms with E-state index in [0.29, 0.717) is 30.1 Å². The zero-order valence-electron chi connectivity index (χ0n) is 14.6. The molecular weight excluding hydrogens is 332 g/mol. The number of aryl methyl sites for hydroxylation is 1. The SMILES string of the molecule is COc1cc(CCC(=O)N2CCCNCC2)cc(OC)c1OC.Cl. The molecule has 0 spiro atoms. The van der Waals surface area contributed by atoms with Gasteiger partial charge in [0.25, 0.3) is 0 Å². The van der Waals surface area contributed by atoms with Gasteiger partial charge in [-0.05, 0) is 37.1 Å². The zero-order valence-corrected chi connectivity index (χ0v) is 15.4. The third-order valence-corrected chi connectivity index (χ3v) is 4.04. The Kier molecular flexibility index (Phi) is 8.71. The zero-order chi connectivity index (χ0) is 16.7. The number of hydrogen-bond acceptors (Lipinski definition) is 5. The van der Waals surface area contributed by atoms with Gasteiger partial charge in [-0.1, -0.05) is 0 Å². The van der Waals surface area contributed by atoms with Crippen molar-refractivity contribution >= 4 is 18.3 Å². The van der Waals surface area contributed by atoms with Crippen molar-refractivity contribution in [2.45, 2.75) is 19.3 Å². The van der Waals surface area contributed by atoms with Gasteiger partial charge in [-0.25, -0.2) is 0 Å². The molecule has 2 rings (SSSR count). The number of carbonyl (C=O) groups excluding carboxylic acids is 1. The Morgan fingerprint density at radius 1 is 1.08 bits per heavy atom. The quantitative estimate of drug-likeness (QED) is 0.841. The first-order valence-corrected chi connectivity index (χ1v) is 7.97. The summed E-state index contributed by atoms with van der Waals surface area (Å²) in [6.45, 7) is 3.47. The number of hydrogen-bond donors (Lipinski definition) is 1. The van der Waals surface area contributed by atoms with Gasteiger partial charge < -0.3 is 24.4 Å². The summed E-state index contributed by atoms with van der Waals surface area (Å²) in [6.07, 6.45) is 2.15. The van der Waals surface area contributed by atoms with Crippen molar-refractivity contribution in [3.05, 3.63) is 17.7 Å². The minimum atomic E-state index is 0. The minimum absolute atomic E-state index is 0. The number of halogens is 1. The summed E-state index contributed by atoms with van der Waals surface area (Å²) in [5.41, 5.74) is 1.00. The van der Waals surface area contributed by atoms with Gasteiger partial charge in [0.2, 0.25) is 11.7 Å². The third-order valence-electron chi connectivity index (χ3n) is 4.04. The van der Waals surface area contributed by atoms with Crippen LogP contribution in [0.4, 0.5) is 0 Å². The second kappa shape index (κ2) is 10.3. The van der Waals surface area contributed by atoms with Crippen LogP contribution in [0, 0.1) is 0 Å². The Morgan fingerprint density at radius 3 is 2.33 bits per heavy atom. The lowest BCUT2D eigenvalue weighted by atomic mass is 10.1. The Labute approximate surface area is 149 Å². The van der Waals surface area contributed by atoms with Gasteiger partial charge in [0.05, 0.1) is 21.3 Å². The van der Waals surface area contributed by atoms with Crippen molar-refractivity contribution < 1.29 is 19.0 Å². The number of benzene rings is 1. The average molecular weight is 359 g/mol. The minimum Gasteiger partial charge on any atom is -0.493 e. The van der Waals surface area contributed by atoms with Crippen LogP contribution in [0.2, 0.25) is 0 Å². The molecule has 0 atom stereocenters. The lowest BCUT2D eigenvalue weighted by Crippen LogP contribution is -2.34. The van der Waals surface area contributed by atoms with E-state index in [0.717, 1.165) is 38.2 Å². The van der Waals surface area contributed by atoms with E-state index in [-0.39, 0.29) is 18.3 Å². The molecule has 1 aliphatic rings. The molecule has 0 radical (unpaired) electrons. The molecule has 136 valence electrons. The molecule has 1 saturated heterocycles. The van der Waals surface area contributed by atoms with Crippen molar-refractivity contribution in [1.29, 1.82) is 0 Å². The van der Waals surface area contributed by atoms with Crippen molar-refractivity contribution in [3.8, 4) is 17.2 Å². The number of amides is 1. The van der Waals surface area contributed by atoms with E-state index in [1.807, 2.05) is 17.0 Å². The normalized spacial score (nSPS) is 14.4. The maximum Gasteiger partial charge on any atom is 0.222 e. The van der Waals surface area contributed by atoms with Crippen LogP contribution in [-0.2, 0) is 11.2 Å². The van der Waals surface area contributed by atoms with Gasteiger partial charge >= 0.3 is 0 Å². The van der Waals surface area contributed by atoms with Crippen molar-refractivity contribution in [2.24, 2.45) is 0 Å². The molecular formula is C17H27ClN2O4. The fraction of sp³-hybridized carbons (Fsp3) is 0.588. The van der Waals surface area contributed by atoms with Crippen molar-refractivity contribution in [3.63, 3.8) is 0 Å². The van der Waals surface area contributed by atoms with Gasteiger partial charge in [-0.15, -0.1) is 12.4 Å². The molecule has 1 heterocycles. The number of ether oxygens (including phenoxy) is 3. The first-order chi connectivity index (χ1) is 11.2. The van der Waals surface area contributed by atoms with E-state index in [2.05, 4.69) is 5.32 Å². The maximum atomic E-state index is 12.4. The molecule has 0 aliphatic carbocycles. The Morgan fingerprint density at radius 2 is 1.75 bits per heavy atom. The molecule has 1 aliphatic heterocycles. The molecule has 0 aromatic heterocycles. The monoisotopic (exact) mass is 358 g/mol. The first-order valence-electron chi connectivity index (χ1n) is 7.97. The molecule has 0 saturated carbocycles. The van der Waals surface area contributed by atoms with Gasteiger partial charge in [0, 0.05) is 26.1 Å². The lowest BCUT2D eigenvalue weighted by molar-refractivity contribution is -0.130. The lowest BCUT2D eigenvalue weighted by Gasteiger charge is -2.20.